The van der Waals surface area contributed by atoms with Gasteiger partial charge in [-0.2, -0.15) is 0 Å². The van der Waals surface area contributed by atoms with Crippen molar-refractivity contribution in [2.75, 3.05) is 13.0 Å². The fourth-order valence-electron chi connectivity index (χ4n) is 0.297. The van der Waals surface area contributed by atoms with Gasteiger partial charge in [0, 0.05) is 24.9 Å². The largest absolute Gasteiger partial charge is 0.388 e. The second kappa shape index (κ2) is 1.87. The first kappa shape index (κ1) is 1.19. The zero-order valence-corrected chi connectivity index (χ0v) is 3.97. The van der Waals surface area contributed by atoms with Gasteiger partial charge in [0.25, 0.3) is 0 Å². The minimum absolute atomic E-state index is 0.190. The Morgan fingerprint density at radius 1 is 2.00 bits per heavy atom. The van der Waals surface area contributed by atoms with Crippen LogP contribution in [-0.2, 0) is 0 Å². The van der Waals surface area contributed by atoms with Crippen LogP contribution in [0.25, 0.3) is 0 Å². The Bertz CT molecular complexity index is 249. The van der Waals surface area contributed by atoms with E-state index in [9.17, 15) is 0 Å². The molecular weight excluding hydrogens is 88.1 g/mol. The van der Waals surface area contributed by atoms with Gasteiger partial charge >= 0.3 is 0 Å². The van der Waals surface area contributed by atoms with E-state index < -0.39 is 13.0 Å². The Kier molecular flexibility index (Phi) is 0.317. The number of rotatable bonds is 0. The first-order chi connectivity index (χ1) is 5.71. The van der Waals surface area contributed by atoms with Crippen LogP contribution in [0.2, 0.25) is 2.82 Å². The van der Waals surface area contributed by atoms with Crippen LogP contribution in [0.15, 0.2) is 11.9 Å². The average molecular weight is 104 g/mol. The molecule has 0 radical (unpaired) electrons. The molecule has 0 bridgehead atoms. The molecule has 1 rings (SSSR count). The van der Waals surface area contributed by atoms with Gasteiger partial charge < -0.3 is 10.6 Å². The monoisotopic (exact) mass is 104 g/mol. The second-order valence-corrected chi connectivity index (χ2v) is 1.23. The highest BCUT2D eigenvalue weighted by Gasteiger charge is 1.91. The zero-order chi connectivity index (χ0) is 10.4. The molecule has 0 aromatic carbocycles. The molecular formula is C5H10N2. The van der Waals surface area contributed by atoms with Gasteiger partial charge in [0.1, 0.15) is 0 Å². The van der Waals surface area contributed by atoms with E-state index in [0.717, 1.165) is 6.20 Å². The molecule has 0 spiro atoms. The van der Waals surface area contributed by atoms with Gasteiger partial charge in [-0.1, -0.05) is 0 Å². The summed E-state index contributed by atoms with van der Waals surface area (Å²) in [5.74, 6) is 0. The van der Waals surface area contributed by atoms with Crippen molar-refractivity contribution in [3.8, 4) is 0 Å². The first-order valence-electron chi connectivity index (χ1n) is 4.86. The second-order valence-electron chi connectivity index (χ2n) is 1.23. The molecule has 2 heteroatoms. The highest BCUT2D eigenvalue weighted by Crippen LogP contribution is 1.84. The summed E-state index contributed by atoms with van der Waals surface area (Å²) in [5.41, 5.74) is 0.190. The standard InChI is InChI=1S/C5H10N2/c1-5-4-6-2-3-7-5/h4,6-7H,2-3H2,1H3/i2D2,3D2/hD2. The predicted molar refractivity (Wildman–Crippen MR) is 29.8 cm³/mol. The van der Waals surface area contributed by atoms with Crippen molar-refractivity contribution in [3.63, 3.8) is 0 Å². The van der Waals surface area contributed by atoms with Gasteiger partial charge in [0.05, 0.1) is 5.48 Å². The molecule has 0 atom stereocenters. The third-order valence-corrected chi connectivity index (χ3v) is 0.598. The fourth-order valence-corrected chi connectivity index (χ4v) is 0.297. The van der Waals surface area contributed by atoms with Crippen LogP contribution >= 0.6 is 0 Å². The average Bonchev–Trinajstić information content (AvgIpc) is 2.00. The molecule has 0 aromatic heterocycles. The molecule has 0 fully saturated rings. The van der Waals surface area contributed by atoms with Crippen molar-refractivity contribution in [2.24, 2.45) is 0 Å². The lowest BCUT2D eigenvalue weighted by atomic mass is 10.4. The quantitative estimate of drug-likeness (QED) is 0.453. The minimum atomic E-state index is -2.52. The molecule has 2 N–H and O–H groups in total. The summed E-state index contributed by atoms with van der Waals surface area (Å²) in [5, 5.41) is 0.839. The van der Waals surface area contributed by atoms with Crippen LogP contribution < -0.4 is 10.6 Å². The van der Waals surface area contributed by atoms with E-state index in [1.807, 2.05) is 0 Å². The summed E-state index contributed by atoms with van der Waals surface area (Å²) in [6.07, 6.45) is 1.08. The van der Waals surface area contributed by atoms with Gasteiger partial charge in [-0.15, -0.1) is 0 Å². The van der Waals surface area contributed by atoms with Crippen LogP contribution in [0.3, 0.4) is 0 Å². The van der Waals surface area contributed by atoms with Gasteiger partial charge in [-0.25, -0.2) is 0 Å². The number of allylic oxidation sites excluding steroid dienone is 1. The minimum Gasteiger partial charge on any atom is -0.388 e. The molecule has 0 unspecified atom stereocenters. The first-order valence-corrected chi connectivity index (χ1v) is 1.97. The maximum Gasteiger partial charge on any atom is 0.160 e. The molecule has 0 aromatic rings. The maximum atomic E-state index is 7.32. The van der Waals surface area contributed by atoms with Gasteiger partial charge in [0.15, 0.2) is 2.82 Å². The summed E-state index contributed by atoms with van der Waals surface area (Å²) in [7, 11) is 0. The van der Waals surface area contributed by atoms with Crippen molar-refractivity contribution in [2.45, 2.75) is 6.92 Å². The van der Waals surface area contributed by atoms with Gasteiger partial charge in [-0.3, -0.25) is 0 Å². The van der Waals surface area contributed by atoms with E-state index in [1.54, 1.807) is 0 Å². The highest BCUT2D eigenvalue weighted by molar-refractivity contribution is 4.96. The fraction of sp³-hybridized carbons (Fsp3) is 0.600. The van der Waals surface area contributed by atoms with Gasteiger partial charge in [0.2, 0.25) is 0 Å². The Balaban J connectivity index is 3.18. The van der Waals surface area contributed by atoms with Crippen molar-refractivity contribution in [1.82, 2.24) is 10.6 Å². The lowest BCUT2D eigenvalue weighted by molar-refractivity contribution is 0.686. The third-order valence-electron chi connectivity index (χ3n) is 0.598. The van der Waals surface area contributed by atoms with Gasteiger partial charge in [-0.05, 0) is 6.92 Å². The Hall–Kier alpha value is -0.660. The molecule has 1 heterocycles. The normalized spacial score (nSPS) is 49.0. The molecule has 0 aliphatic carbocycles. The molecule has 7 heavy (non-hydrogen) atoms. The Morgan fingerprint density at radius 3 is 3.71 bits per heavy atom. The number of hydrogen-bond donors (Lipinski definition) is 2. The Labute approximate surface area is 52.1 Å². The highest BCUT2D eigenvalue weighted by atomic mass is 15.0. The van der Waals surface area contributed by atoms with E-state index in [2.05, 4.69) is 0 Å². The number of hydrogen-bond acceptors (Lipinski definition) is 2. The van der Waals surface area contributed by atoms with E-state index >= 15 is 0 Å². The van der Waals surface area contributed by atoms with E-state index in [0.29, 0.717) is 10.6 Å². The van der Waals surface area contributed by atoms with Crippen LogP contribution in [-0.4, -0.2) is 13.0 Å². The molecule has 1 aliphatic heterocycles. The smallest absolute Gasteiger partial charge is 0.160 e. The summed E-state index contributed by atoms with van der Waals surface area (Å²) in [4.78, 5) is 0. The topological polar surface area (TPSA) is 24.1 Å². The third kappa shape index (κ3) is 1.11. The zero-order valence-electron chi connectivity index (χ0n) is 9.97. The SMILES string of the molecule is [2H]N1C=C(C)N([2H])C([2H])([2H])C1([2H])[2H]. The molecule has 0 amide bonds. The molecule has 40 valence electrons. The van der Waals surface area contributed by atoms with Crippen LogP contribution in [0.1, 0.15) is 12.4 Å². The summed E-state index contributed by atoms with van der Waals surface area (Å²) >= 11 is 0. The van der Waals surface area contributed by atoms with Crippen molar-refractivity contribution in [1.29, 1.82) is 0 Å². The van der Waals surface area contributed by atoms with Crippen LogP contribution in [0.4, 0.5) is 0 Å². The van der Waals surface area contributed by atoms with Crippen LogP contribution in [0.5, 0.6) is 0 Å². The molecule has 0 saturated heterocycles. The van der Waals surface area contributed by atoms with Crippen molar-refractivity contribution >= 4 is 0 Å². The molecule has 1 aliphatic rings. The maximum absolute atomic E-state index is 7.32. The van der Waals surface area contributed by atoms with E-state index in [1.165, 1.54) is 6.92 Å². The van der Waals surface area contributed by atoms with Crippen LogP contribution in [0, 0.1) is 0 Å². The Morgan fingerprint density at radius 2 is 2.86 bits per heavy atom. The van der Waals surface area contributed by atoms with Crippen molar-refractivity contribution in [3.05, 3.63) is 11.9 Å². The lowest BCUT2D eigenvalue weighted by Gasteiger charge is -2.12. The van der Waals surface area contributed by atoms with E-state index in [-0.39, 0.29) is 5.70 Å². The van der Waals surface area contributed by atoms with E-state index in [4.69, 9.17) is 8.31 Å². The predicted octanol–water partition coefficient (Wildman–Crippen LogP) is 0.0405. The summed E-state index contributed by atoms with van der Waals surface area (Å²) in [6.45, 7) is -3.59. The molecule has 0 saturated carbocycles. The summed E-state index contributed by atoms with van der Waals surface area (Å²) in [6, 6.07) is 0. The molecule has 2 nitrogen and oxygen atoms in total. The number of nitrogens with one attached hydrogen (secondary N) is 2. The van der Waals surface area contributed by atoms with Crippen molar-refractivity contribution < 1.29 is 8.31 Å². The lowest BCUT2D eigenvalue weighted by Crippen LogP contribution is -2.29. The summed E-state index contributed by atoms with van der Waals surface area (Å²) < 4.78 is 43.7.